The van der Waals surface area contributed by atoms with Gasteiger partial charge in [-0.05, 0) is 38.2 Å². The first-order chi connectivity index (χ1) is 29.0. The number of allylic oxidation sites excluding steroid dienone is 3. The Kier molecular flexibility index (Phi) is 46.1. The van der Waals surface area contributed by atoms with Gasteiger partial charge in [0.05, 0.1) is 25.2 Å². The third kappa shape index (κ3) is 42.8. The molecule has 6 nitrogen and oxygen atoms in total. The molecule has 0 spiro atoms. The SMILES string of the molecule is CCCCCCCC/C=C\C/C=C/C(CC(=O)NC(CO)C(O)CCCCCCCCCCCCC)OC(=O)CCCCCCCCCCCCCCCCCCCC. The van der Waals surface area contributed by atoms with E-state index in [9.17, 15) is 19.8 Å². The van der Waals surface area contributed by atoms with Crippen LogP contribution in [0.25, 0.3) is 0 Å². The highest BCUT2D eigenvalue weighted by Gasteiger charge is 2.23. The van der Waals surface area contributed by atoms with E-state index in [-0.39, 0.29) is 24.9 Å². The largest absolute Gasteiger partial charge is 0.458 e. The van der Waals surface area contributed by atoms with Crippen molar-refractivity contribution >= 4 is 11.9 Å². The van der Waals surface area contributed by atoms with E-state index in [0.717, 1.165) is 51.4 Å². The monoisotopic (exact) mass is 832 g/mol. The van der Waals surface area contributed by atoms with Crippen molar-refractivity contribution in [2.45, 2.75) is 296 Å². The molecule has 0 saturated heterocycles. The molecule has 6 heteroatoms. The molecule has 0 rings (SSSR count). The molecule has 0 aliphatic carbocycles. The number of aliphatic hydroxyl groups excluding tert-OH is 2. The van der Waals surface area contributed by atoms with Crippen molar-refractivity contribution in [2.24, 2.45) is 0 Å². The maximum Gasteiger partial charge on any atom is 0.306 e. The predicted molar refractivity (Wildman–Crippen MR) is 255 cm³/mol. The molecule has 0 aliphatic rings. The van der Waals surface area contributed by atoms with Gasteiger partial charge in [0.15, 0.2) is 0 Å². The molecule has 0 aromatic heterocycles. The van der Waals surface area contributed by atoms with Gasteiger partial charge in [-0.25, -0.2) is 0 Å². The van der Waals surface area contributed by atoms with Crippen molar-refractivity contribution in [2.75, 3.05) is 6.61 Å². The van der Waals surface area contributed by atoms with Crippen LogP contribution in [0.1, 0.15) is 278 Å². The maximum absolute atomic E-state index is 13.1. The fraction of sp³-hybridized carbons (Fsp3) is 0.887. The number of esters is 1. The lowest BCUT2D eigenvalue weighted by Crippen LogP contribution is -2.46. The first-order valence-corrected chi connectivity index (χ1v) is 26.1. The van der Waals surface area contributed by atoms with Crippen molar-refractivity contribution in [3.05, 3.63) is 24.3 Å². The summed E-state index contributed by atoms with van der Waals surface area (Å²) in [6.07, 6.45) is 54.2. The number of carbonyl (C=O) groups is 2. The summed E-state index contributed by atoms with van der Waals surface area (Å²) in [5, 5.41) is 23.6. The first-order valence-electron chi connectivity index (χ1n) is 26.1. The van der Waals surface area contributed by atoms with Gasteiger partial charge >= 0.3 is 5.97 Å². The van der Waals surface area contributed by atoms with Crippen LogP contribution in [0.5, 0.6) is 0 Å². The fourth-order valence-corrected chi connectivity index (χ4v) is 8.04. The second-order valence-electron chi connectivity index (χ2n) is 17.9. The molecule has 3 atom stereocenters. The molecule has 1 amide bonds. The normalized spacial score (nSPS) is 13.4. The van der Waals surface area contributed by atoms with Gasteiger partial charge in [-0.2, -0.15) is 0 Å². The van der Waals surface area contributed by atoms with Crippen LogP contribution in [0.3, 0.4) is 0 Å². The quantitative estimate of drug-likeness (QED) is 0.0322. The third-order valence-electron chi connectivity index (χ3n) is 12.0. The van der Waals surface area contributed by atoms with Crippen LogP contribution in [-0.4, -0.2) is 46.9 Å². The summed E-state index contributed by atoms with van der Waals surface area (Å²) in [6.45, 7) is 6.45. The lowest BCUT2D eigenvalue weighted by atomic mass is 10.0. The van der Waals surface area contributed by atoms with E-state index < -0.39 is 18.2 Å². The van der Waals surface area contributed by atoms with Crippen LogP contribution in [0, 0.1) is 0 Å². The zero-order valence-corrected chi connectivity index (χ0v) is 39.7. The van der Waals surface area contributed by atoms with Crippen LogP contribution in [-0.2, 0) is 14.3 Å². The number of hydrogen-bond donors (Lipinski definition) is 3. The van der Waals surface area contributed by atoms with Crippen LogP contribution < -0.4 is 5.32 Å². The Morgan fingerprint density at radius 1 is 0.508 bits per heavy atom. The molecular weight excluding hydrogens is 731 g/mol. The van der Waals surface area contributed by atoms with E-state index in [0.29, 0.717) is 12.8 Å². The number of hydrogen-bond acceptors (Lipinski definition) is 5. The number of unbranched alkanes of at least 4 members (excludes halogenated alkanes) is 33. The first kappa shape index (κ1) is 57.3. The van der Waals surface area contributed by atoms with E-state index in [4.69, 9.17) is 4.74 Å². The predicted octanol–water partition coefficient (Wildman–Crippen LogP) is 15.5. The number of carbonyl (C=O) groups excluding carboxylic acids is 2. The third-order valence-corrected chi connectivity index (χ3v) is 12.0. The number of rotatable bonds is 47. The second kappa shape index (κ2) is 47.4. The zero-order valence-electron chi connectivity index (χ0n) is 39.7. The van der Waals surface area contributed by atoms with Crippen molar-refractivity contribution in [1.29, 1.82) is 0 Å². The fourth-order valence-electron chi connectivity index (χ4n) is 8.04. The van der Waals surface area contributed by atoms with Crippen molar-refractivity contribution < 1.29 is 24.5 Å². The Balaban J connectivity index is 4.52. The van der Waals surface area contributed by atoms with Crippen LogP contribution >= 0.6 is 0 Å². The van der Waals surface area contributed by atoms with E-state index in [2.05, 4.69) is 38.2 Å². The van der Waals surface area contributed by atoms with E-state index >= 15 is 0 Å². The summed E-state index contributed by atoms with van der Waals surface area (Å²) in [6, 6.07) is -0.726. The van der Waals surface area contributed by atoms with Crippen LogP contribution in [0.15, 0.2) is 24.3 Å². The van der Waals surface area contributed by atoms with Gasteiger partial charge < -0.3 is 20.3 Å². The number of amides is 1. The minimum Gasteiger partial charge on any atom is -0.458 e. The molecule has 0 aliphatic heterocycles. The van der Waals surface area contributed by atoms with Gasteiger partial charge in [-0.3, -0.25) is 9.59 Å². The minimum atomic E-state index is -0.805. The highest BCUT2D eigenvalue weighted by molar-refractivity contribution is 5.78. The van der Waals surface area contributed by atoms with E-state index in [1.54, 1.807) is 0 Å². The Hall–Kier alpha value is -1.66. The van der Waals surface area contributed by atoms with Crippen molar-refractivity contribution in [1.82, 2.24) is 5.32 Å². The Morgan fingerprint density at radius 2 is 0.898 bits per heavy atom. The maximum atomic E-state index is 13.1. The summed E-state index contributed by atoms with van der Waals surface area (Å²) in [5.41, 5.74) is 0. The van der Waals surface area contributed by atoms with Gasteiger partial charge in [-0.1, -0.05) is 251 Å². The molecule has 3 unspecified atom stereocenters. The minimum absolute atomic E-state index is 0.0233. The lowest BCUT2D eigenvalue weighted by molar-refractivity contribution is -0.148. The second-order valence-corrected chi connectivity index (χ2v) is 17.9. The van der Waals surface area contributed by atoms with Gasteiger partial charge in [0, 0.05) is 6.42 Å². The summed E-state index contributed by atoms with van der Waals surface area (Å²) >= 11 is 0. The van der Waals surface area contributed by atoms with E-state index in [1.165, 1.54) is 186 Å². The Bertz CT molecular complexity index is 935. The molecule has 0 radical (unpaired) electrons. The summed E-state index contributed by atoms with van der Waals surface area (Å²) in [5.74, 6) is -0.589. The zero-order chi connectivity index (χ0) is 43.1. The molecule has 3 N–H and O–H groups in total. The van der Waals surface area contributed by atoms with Gasteiger partial charge in [0.1, 0.15) is 6.10 Å². The molecular formula is C53H101NO5. The highest BCUT2D eigenvalue weighted by atomic mass is 16.5. The average Bonchev–Trinajstić information content (AvgIpc) is 3.23. The summed E-state index contributed by atoms with van der Waals surface area (Å²) in [4.78, 5) is 26.0. The molecule has 0 aromatic carbocycles. The van der Waals surface area contributed by atoms with E-state index in [1.807, 2.05) is 12.2 Å². The Morgan fingerprint density at radius 3 is 1.32 bits per heavy atom. The topological polar surface area (TPSA) is 95.9 Å². The summed E-state index contributed by atoms with van der Waals surface area (Å²) < 4.78 is 5.83. The molecule has 0 bridgehead atoms. The molecule has 0 saturated carbocycles. The molecule has 0 fully saturated rings. The van der Waals surface area contributed by atoms with Gasteiger partial charge in [0.2, 0.25) is 5.91 Å². The average molecular weight is 832 g/mol. The van der Waals surface area contributed by atoms with Gasteiger partial charge in [0.25, 0.3) is 0 Å². The molecule has 0 heterocycles. The standard InChI is InChI=1S/C53H101NO5/c1-4-7-10-13-16-19-22-23-24-25-26-27-28-31-34-37-40-43-46-53(58)59-49(44-41-38-35-32-29-20-17-14-11-8-5-2)47-52(57)54-50(48-55)51(56)45-42-39-36-33-30-21-18-15-12-9-6-3/h32,35,41,44,49-51,55-56H,4-31,33-34,36-40,42-43,45-48H2,1-3H3,(H,54,57)/b35-32-,44-41+. The van der Waals surface area contributed by atoms with Crippen molar-refractivity contribution in [3.8, 4) is 0 Å². The van der Waals surface area contributed by atoms with Crippen molar-refractivity contribution in [3.63, 3.8) is 0 Å². The molecule has 348 valence electrons. The molecule has 59 heavy (non-hydrogen) atoms. The number of aliphatic hydroxyl groups is 2. The summed E-state index contributed by atoms with van der Waals surface area (Å²) in [7, 11) is 0. The number of ether oxygens (including phenoxy) is 1. The van der Waals surface area contributed by atoms with Crippen LogP contribution in [0.4, 0.5) is 0 Å². The Labute approximate surface area is 367 Å². The van der Waals surface area contributed by atoms with Crippen LogP contribution in [0.2, 0.25) is 0 Å². The highest BCUT2D eigenvalue weighted by Crippen LogP contribution is 2.17. The van der Waals surface area contributed by atoms with Gasteiger partial charge in [-0.15, -0.1) is 0 Å². The molecule has 0 aromatic rings. The lowest BCUT2D eigenvalue weighted by Gasteiger charge is -2.23. The smallest absolute Gasteiger partial charge is 0.306 e. The number of nitrogens with one attached hydrogen (secondary N) is 1.